The lowest BCUT2D eigenvalue weighted by Gasteiger charge is -2.23. The molecular weight excluding hydrogens is 290 g/mol. The number of rotatable bonds is 6. The number of likely N-dealkylation sites (tertiary alicyclic amines) is 1. The van der Waals surface area contributed by atoms with E-state index < -0.39 is 0 Å². The van der Waals surface area contributed by atoms with Gasteiger partial charge in [0.25, 0.3) is 0 Å². The molecule has 1 atom stereocenters. The molecule has 1 aliphatic rings. The molecule has 0 radical (unpaired) electrons. The molecule has 2 heterocycles. The quantitative estimate of drug-likeness (QED) is 0.815. The maximum Gasteiger partial charge on any atom is 0.226 e. The summed E-state index contributed by atoms with van der Waals surface area (Å²) >= 11 is 0. The van der Waals surface area contributed by atoms with E-state index in [2.05, 4.69) is 47.1 Å². The summed E-state index contributed by atoms with van der Waals surface area (Å²) in [6.45, 7) is 6.12. The number of aromatic nitrogens is 2. The molecular formula is C18H25N3O2. The Morgan fingerprint density at radius 2 is 2.26 bits per heavy atom. The minimum atomic E-state index is 0.400. The van der Waals surface area contributed by atoms with Crippen molar-refractivity contribution in [3.63, 3.8) is 0 Å². The Labute approximate surface area is 137 Å². The van der Waals surface area contributed by atoms with E-state index in [4.69, 9.17) is 9.26 Å². The van der Waals surface area contributed by atoms with Crippen LogP contribution in [0.25, 0.3) is 0 Å². The molecule has 0 aliphatic carbocycles. The number of hydrogen-bond acceptors (Lipinski definition) is 5. The van der Waals surface area contributed by atoms with Crippen LogP contribution in [0.3, 0.4) is 0 Å². The summed E-state index contributed by atoms with van der Waals surface area (Å²) in [4.78, 5) is 6.96. The first-order chi connectivity index (χ1) is 11.2. The van der Waals surface area contributed by atoms with Gasteiger partial charge in [0.15, 0.2) is 5.82 Å². The van der Waals surface area contributed by atoms with Crippen LogP contribution in [-0.4, -0.2) is 28.7 Å². The van der Waals surface area contributed by atoms with Gasteiger partial charge in [-0.3, -0.25) is 4.90 Å². The van der Waals surface area contributed by atoms with E-state index in [-0.39, 0.29) is 0 Å². The molecule has 1 unspecified atom stereocenters. The summed E-state index contributed by atoms with van der Waals surface area (Å²) in [5, 5.41) is 4.14. The van der Waals surface area contributed by atoms with Crippen LogP contribution in [0.4, 0.5) is 0 Å². The van der Waals surface area contributed by atoms with Gasteiger partial charge in [-0.15, -0.1) is 0 Å². The summed E-state index contributed by atoms with van der Waals surface area (Å²) in [7, 11) is 1.71. The summed E-state index contributed by atoms with van der Waals surface area (Å²) in [6.07, 6.45) is 3.19. The second-order valence-electron chi connectivity index (χ2n) is 6.61. The average Bonchev–Trinajstić information content (AvgIpc) is 3.17. The van der Waals surface area contributed by atoms with Crippen LogP contribution in [0.5, 0.6) is 5.75 Å². The van der Waals surface area contributed by atoms with Gasteiger partial charge in [0, 0.05) is 12.5 Å². The van der Waals surface area contributed by atoms with Gasteiger partial charge in [0.2, 0.25) is 5.89 Å². The average molecular weight is 315 g/mol. The Morgan fingerprint density at radius 1 is 1.39 bits per heavy atom. The van der Waals surface area contributed by atoms with Crippen molar-refractivity contribution < 1.29 is 9.26 Å². The Bertz CT molecular complexity index is 639. The summed E-state index contributed by atoms with van der Waals surface area (Å²) in [5.74, 6) is 2.97. The second-order valence-corrected chi connectivity index (χ2v) is 6.61. The van der Waals surface area contributed by atoms with E-state index in [0.717, 1.165) is 43.4 Å². The first-order valence-electron chi connectivity index (χ1n) is 8.35. The smallest absolute Gasteiger partial charge is 0.226 e. The van der Waals surface area contributed by atoms with Crippen molar-refractivity contribution in [3.8, 4) is 5.75 Å². The van der Waals surface area contributed by atoms with Crippen molar-refractivity contribution in [2.75, 3.05) is 13.7 Å². The van der Waals surface area contributed by atoms with E-state index in [0.29, 0.717) is 12.0 Å². The number of hydrogen-bond donors (Lipinski definition) is 0. The molecule has 1 fully saturated rings. The summed E-state index contributed by atoms with van der Waals surface area (Å²) < 4.78 is 10.7. The van der Waals surface area contributed by atoms with Gasteiger partial charge in [-0.05, 0) is 43.0 Å². The summed E-state index contributed by atoms with van der Waals surface area (Å²) in [6, 6.07) is 8.74. The van der Waals surface area contributed by atoms with Crippen LogP contribution in [-0.2, 0) is 13.0 Å². The third-order valence-corrected chi connectivity index (χ3v) is 4.28. The fraction of sp³-hybridized carbons (Fsp3) is 0.556. The highest BCUT2D eigenvalue weighted by Crippen LogP contribution is 2.34. The minimum Gasteiger partial charge on any atom is -0.497 e. The highest BCUT2D eigenvalue weighted by Gasteiger charge is 2.27. The van der Waals surface area contributed by atoms with Crippen molar-refractivity contribution >= 4 is 0 Å². The number of benzene rings is 1. The zero-order valence-electron chi connectivity index (χ0n) is 14.2. The lowest BCUT2D eigenvalue weighted by molar-refractivity contribution is 0.237. The predicted molar refractivity (Wildman–Crippen MR) is 88.2 cm³/mol. The van der Waals surface area contributed by atoms with Crippen molar-refractivity contribution in [3.05, 3.63) is 41.5 Å². The number of nitrogens with zero attached hydrogens (tertiary/aromatic N) is 3. The van der Waals surface area contributed by atoms with Crippen LogP contribution < -0.4 is 4.74 Å². The van der Waals surface area contributed by atoms with Crippen LogP contribution in [0.1, 0.15) is 50.0 Å². The van der Waals surface area contributed by atoms with Gasteiger partial charge in [-0.25, -0.2) is 0 Å². The molecule has 0 bridgehead atoms. The van der Waals surface area contributed by atoms with Crippen LogP contribution in [0, 0.1) is 5.92 Å². The Morgan fingerprint density at radius 3 is 3.04 bits per heavy atom. The molecule has 5 heteroatoms. The fourth-order valence-electron chi connectivity index (χ4n) is 3.21. The first kappa shape index (κ1) is 16.0. The van der Waals surface area contributed by atoms with Crippen molar-refractivity contribution in [2.24, 2.45) is 5.92 Å². The number of ether oxygens (including phenoxy) is 1. The van der Waals surface area contributed by atoms with Gasteiger partial charge in [0.1, 0.15) is 5.75 Å². The maximum absolute atomic E-state index is 5.36. The molecule has 0 spiro atoms. The molecule has 1 aromatic heterocycles. The van der Waals surface area contributed by atoms with Crippen LogP contribution >= 0.6 is 0 Å². The molecule has 1 saturated heterocycles. The standard InChI is InChI=1S/C18H25N3O2/c1-13(2)10-18-19-17(20-23-18)12-21-9-5-8-16(21)14-6-4-7-15(11-14)22-3/h4,6-7,11,13,16H,5,8-10,12H2,1-3H3. The maximum atomic E-state index is 5.36. The highest BCUT2D eigenvalue weighted by molar-refractivity contribution is 5.31. The largest absolute Gasteiger partial charge is 0.497 e. The SMILES string of the molecule is COc1cccc(C2CCCN2Cc2noc(CC(C)C)n2)c1. The lowest BCUT2D eigenvalue weighted by Crippen LogP contribution is -2.23. The Balaban J connectivity index is 1.70. The molecule has 0 saturated carbocycles. The summed E-state index contributed by atoms with van der Waals surface area (Å²) in [5.41, 5.74) is 1.30. The zero-order chi connectivity index (χ0) is 16.2. The highest BCUT2D eigenvalue weighted by atomic mass is 16.5. The third-order valence-electron chi connectivity index (χ3n) is 4.28. The van der Waals surface area contributed by atoms with Crippen molar-refractivity contribution in [1.82, 2.24) is 15.0 Å². The molecule has 23 heavy (non-hydrogen) atoms. The van der Waals surface area contributed by atoms with E-state index in [1.807, 2.05) is 6.07 Å². The Hall–Kier alpha value is -1.88. The van der Waals surface area contributed by atoms with Gasteiger partial charge >= 0.3 is 0 Å². The van der Waals surface area contributed by atoms with Crippen molar-refractivity contribution in [2.45, 2.75) is 45.7 Å². The molecule has 0 amide bonds. The minimum absolute atomic E-state index is 0.400. The van der Waals surface area contributed by atoms with E-state index in [1.165, 1.54) is 12.0 Å². The van der Waals surface area contributed by atoms with Crippen LogP contribution in [0.15, 0.2) is 28.8 Å². The third kappa shape index (κ3) is 3.91. The van der Waals surface area contributed by atoms with Gasteiger partial charge in [-0.2, -0.15) is 4.98 Å². The number of methoxy groups -OCH3 is 1. The second kappa shape index (κ2) is 7.13. The lowest BCUT2D eigenvalue weighted by atomic mass is 10.0. The van der Waals surface area contributed by atoms with E-state index >= 15 is 0 Å². The molecule has 5 nitrogen and oxygen atoms in total. The van der Waals surface area contributed by atoms with Gasteiger partial charge < -0.3 is 9.26 Å². The van der Waals surface area contributed by atoms with Gasteiger partial charge in [0.05, 0.1) is 13.7 Å². The first-order valence-corrected chi connectivity index (χ1v) is 8.35. The topological polar surface area (TPSA) is 51.4 Å². The van der Waals surface area contributed by atoms with Gasteiger partial charge in [-0.1, -0.05) is 31.1 Å². The normalized spacial score (nSPS) is 18.7. The molecule has 2 aromatic rings. The molecule has 0 N–H and O–H groups in total. The molecule has 124 valence electrons. The van der Waals surface area contributed by atoms with E-state index in [1.54, 1.807) is 7.11 Å². The van der Waals surface area contributed by atoms with E-state index in [9.17, 15) is 0 Å². The Kier molecular flexibility index (Phi) is 4.96. The molecule has 3 rings (SSSR count). The molecule has 1 aromatic carbocycles. The zero-order valence-corrected chi connectivity index (χ0v) is 14.2. The fourth-order valence-corrected chi connectivity index (χ4v) is 3.21. The predicted octanol–water partition coefficient (Wildman–Crippen LogP) is 3.61. The van der Waals surface area contributed by atoms with Crippen molar-refractivity contribution in [1.29, 1.82) is 0 Å². The van der Waals surface area contributed by atoms with Crippen LogP contribution in [0.2, 0.25) is 0 Å². The molecule has 1 aliphatic heterocycles. The monoisotopic (exact) mass is 315 g/mol.